The first-order valence-corrected chi connectivity index (χ1v) is 6.52. The van der Waals surface area contributed by atoms with Crippen LogP contribution in [0.25, 0.3) is 11.4 Å². The number of allylic oxidation sites excluding steroid dienone is 1. The maximum atomic E-state index is 4.13. The molecular weight excluding hydrogens is 236 g/mol. The normalized spacial score (nSPS) is 12.1. The third-order valence-corrected chi connectivity index (χ3v) is 3.05. The van der Waals surface area contributed by atoms with Crippen molar-refractivity contribution in [1.82, 2.24) is 14.8 Å². The van der Waals surface area contributed by atoms with Gasteiger partial charge in [-0.2, -0.15) is 0 Å². The highest BCUT2D eigenvalue weighted by molar-refractivity contribution is 5.62. The number of nitrogens with zero attached hydrogens (tertiary/aromatic N) is 3. The van der Waals surface area contributed by atoms with Gasteiger partial charge in [0, 0.05) is 24.3 Å². The second-order valence-corrected chi connectivity index (χ2v) is 4.76. The Kier molecular flexibility index (Phi) is 4.34. The lowest BCUT2D eigenvalue weighted by atomic mass is 10.1. The molecule has 1 atom stereocenters. The van der Waals surface area contributed by atoms with Crippen LogP contribution in [0.3, 0.4) is 0 Å². The number of nitrogens with one attached hydrogen (secondary N) is 1. The Hall–Kier alpha value is -2.10. The maximum Gasteiger partial charge on any atom is 0.163 e. The number of aromatic nitrogens is 3. The molecule has 1 heterocycles. The highest BCUT2D eigenvalue weighted by atomic mass is 15.2. The summed E-state index contributed by atoms with van der Waals surface area (Å²) in [7, 11) is 1.95. The molecule has 0 aliphatic rings. The quantitative estimate of drug-likeness (QED) is 0.807. The van der Waals surface area contributed by atoms with Gasteiger partial charge in [0.1, 0.15) is 6.33 Å². The van der Waals surface area contributed by atoms with E-state index >= 15 is 0 Å². The molecule has 0 aliphatic carbocycles. The first-order chi connectivity index (χ1) is 9.20. The van der Waals surface area contributed by atoms with Gasteiger partial charge in [-0.1, -0.05) is 18.2 Å². The number of hydrogen-bond acceptors (Lipinski definition) is 3. The minimum Gasteiger partial charge on any atom is -0.383 e. The van der Waals surface area contributed by atoms with E-state index in [2.05, 4.69) is 41.1 Å². The molecule has 0 radical (unpaired) electrons. The standard InChI is InChI=1S/C15H20N4/c1-4-5-7-12(2)17-14-9-6-8-13(10-14)15-18-16-11-19(15)3/h4,6,8-12,17H,1,5,7H2,2-3H3. The van der Waals surface area contributed by atoms with E-state index in [0.29, 0.717) is 6.04 Å². The van der Waals surface area contributed by atoms with Crippen molar-refractivity contribution in [2.75, 3.05) is 5.32 Å². The Balaban J connectivity index is 2.11. The molecule has 0 saturated carbocycles. The van der Waals surface area contributed by atoms with Crippen molar-refractivity contribution in [3.63, 3.8) is 0 Å². The summed E-state index contributed by atoms with van der Waals surface area (Å²) >= 11 is 0. The molecule has 1 unspecified atom stereocenters. The molecule has 19 heavy (non-hydrogen) atoms. The van der Waals surface area contributed by atoms with Crippen LogP contribution in [-0.4, -0.2) is 20.8 Å². The third-order valence-electron chi connectivity index (χ3n) is 3.05. The Morgan fingerprint density at radius 1 is 1.47 bits per heavy atom. The van der Waals surface area contributed by atoms with Crippen molar-refractivity contribution in [2.45, 2.75) is 25.8 Å². The van der Waals surface area contributed by atoms with Gasteiger partial charge in [0.15, 0.2) is 5.82 Å². The molecule has 1 aromatic heterocycles. The van der Waals surface area contributed by atoms with Gasteiger partial charge < -0.3 is 9.88 Å². The van der Waals surface area contributed by atoms with E-state index in [0.717, 1.165) is 29.9 Å². The fraction of sp³-hybridized carbons (Fsp3) is 0.333. The van der Waals surface area contributed by atoms with Crippen molar-refractivity contribution in [3.8, 4) is 11.4 Å². The minimum absolute atomic E-state index is 0.424. The molecule has 1 aromatic carbocycles. The van der Waals surface area contributed by atoms with Gasteiger partial charge in [0.05, 0.1) is 0 Å². The summed E-state index contributed by atoms with van der Waals surface area (Å²) in [5.74, 6) is 0.877. The van der Waals surface area contributed by atoms with Gasteiger partial charge in [-0.3, -0.25) is 0 Å². The fourth-order valence-electron chi connectivity index (χ4n) is 2.02. The topological polar surface area (TPSA) is 42.7 Å². The molecule has 2 aromatic rings. The number of anilines is 1. The predicted molar refractivity (Wildman–Crippen MR) is 79.0 cm³/mol. The first-order valence-electron chi connectivity index (χ1n) is 6.52. The highest BCUT2D eigenvalue weighted by Crippen LogP contribution is 2.21. The zero-order chi connectivity index (χ0) is 13.7. The lowest BCUT2D eigenvalue weighted by molar-refractivity contribution is 0.719. The molecule has 4 nitrogen and oxygen atoms in total. The van der Waals surface area contributed by atoms with E-state index in [1.807, 2.05) is 29.8 Å². The average molecular weight is 256 g/mol. The van der Waals surface area contributed by atoms with E-state index in [1.54, 1.807) is 6.33 Å². The molecule has 100 valence electrons. The monoisotopic (exact) mass is 256 g/mol. The number of rotatable bonds is 6. The van der Waals surface area contributed by atoms with Gasteiger partial charge in [-0.05, 0) is 31.9 Å². The van der Waals surface area contributed by atoms with Crippen LogP contribution < -0.4 is 5.32 Å². The summed E-state index contributed by atoms with van der Waals surface area (Å²) in [5, 5.41) is 11.5. The lowest BCUT2D eigenvalue weighted by Crippen LogP contribution is -2.14. The zero-order valence-corrected chi connectivity index (χ0v) is 11.5. The summed E-state index contributed by atoms with van der Waals surface area (Å²) in [6.45, 7) is 5.93. The molecule has 0 aliphatic heterocycles. The van der Waals surface area contributed by atoms with Gasteiger partial charge in [0.2, 0.25) is 0 Å². The van der Waals surface area contributed by atoms with E-state index in [9.17, 15) is 0 Å². The molecule has 4 heteroatoms. The molecule has 0 spiro atoms. The zero-order valence-electron chi connectivity index (χ0n) is 11.5. The fourth-order valence-corrected chi connectivity index (χ4v) is 2.02. The summed E-state index contributed by atoms with van der Waals surface area (Å²) in [4.78, 5) is 0. The van der Waals surface area contributed by atoms with Crippen LogP contribution in [0.5, 0.6) is 0 Å². The summed E-state index contributed by atoms with van der Waals surface area (Å²) in [5.41, 5.74) is 2.18. The summed E-state index contributed by atoms with van der Waals surface area (Å²) in [6, 6.07) is 8.68. The Labute approximate surface area is 114 Å². The van der Waals surface area contributed by atoms with Gasteiger partial charge in [-0.25, -0.2) is 0 Å². The third kappa shape index (κ3) is 3.44. The van der Waals surface area contributed by atoms with Gasteiger partial charge >= 0.3 is 0 Å². The van der Waals surface area contributed by atoms with Crippen LogP contribution in [0.2, 0.25) is 0 Å². The molecule has 1 N–H and O–H groups in total. The summed E-state index contributed by atoms with van der Waals surface area (Å²) < 4.78 is 1.92. The van der Waals surface area contributed by atoms with E-state index in [-0.39, 0.29) is 0 Å². The number of aryl methyl sites for hydroxylation is 1. The van der Waals surface area contributed by atoms with Crippen LogP contribution >= 0.6 is 0 Å². The predicted octanol–water partition coefficient (Wildman–Crippen LogP) is 3.25. The highest BCUT2D eigenvalue weighted by Gasteiger charge is 2.06. The van der Waals surface area contributed by atoms with Gasteiger partial charge in [-0.15, -0.1) is 16.8 Å². The number of hydrogen-bond donors (Lipinski definition) is 1. The van der Waals surface area contributed by atoms with Crippen LogP contribution in [0.15, 0.2) is 43.2 Å². The molecule has 2 rings (SSSR count). The minimum atomic E-state index is 0.424. The molecule has 0 bridgehead atoms. The maximum absolute atomic E-state index is 4.13. The van der Waals surface area contributed by atoms with Crippen LogP contribution in [0.4, 0.5) is 5.69 Å². The Morgan fingerprint density at radius 2 is 2.32 bits per heavy atom. The van der Waals surface area contributed by atoms with E-state index in [1.165, 1.54) is 0 Å². The van der Waals surface area contributed by atoms with Crippen molar-refractivity contribution in [3.05, 3.63) is 43.2 Å². The van der Waals surface area contributed by atoms with E-state index in [4.69, 9.17) is 0 Å². The second kappa shape index (κ2) is 6.18. The first kappa shape index (κ1) is 13.3. The molecular formula is C15H20N4. The molecule has 0 amide bonds. The van der Waals surface area contributed by atoms with Crippen molar-refractivity contribution >= 4 is 5.69 Å². The van der Waals surface area contributed by atoms with Crippen molar-refractivity contribution < 1.29 is 0 Å². The summed E-state index contributed by atoms with van der Waals surface area (Å²) in [6.07, 6.45) is 5.77. The Morgan fingerprint density at radius 3 is 3.00 bits per heavy atom. The largest absolute Gasteiger partial charge is 0.383 e. The van der Waals surface area contributed by atoms with Gasteiger partial charge in [0.25, 0.3) is 0 Å². The molecule has 0 saturated heterocycles. The second-order valence-electron chi connectivity index (χ2n) is 4.76. The van der Waals surface area contributed by atoms with Crippen molar-refractivity contribution in [1.29, 1.82) is 0 Å². The van der Waals surface area contributed by atoms with Crippen LogP contribution in [0, 0.1) is 0 Å². The smallest absolute Gasteiger partial charge is 0.163 e. The van der Waals surface area contributed by atoms with E-state index < -0.39 is 0 Å². The van der Waals surface area contributed by atoms with Crippen LogP contribution in [0.1, 0.15) is 19.8 Å². The number of benzene rings is 1. The lowest BCUT2D eigenvalue weighted by Gasteiger charge is -2.15. The Bertz CT molecular complexity index is 545. The SMILES string of the molecule is C=CCCC(C)Nc1cccc(-c2nncn2C)c1. The average Bonchev–Trinajstić information content (AvgIpc) is 2.83. The molecule has 0 fully saturated rings. The van der Waals surface area contributed by atoms with Crippen molar-refractivity contribution in [2.24, 2.45) is 7.05 Å². The van der Waals surface area contributed by atoms with Crippen LogP contribution in [-0.2, 0) is 7.05 Å².